The molecule has 0 unspecified atom stereocenters. The van der Waals surface area contributed by atoms with E-state index in [1.54, 1.807) is 6.20 Å². The van der Waals surface area contributed by atoms with Gasteiger partial charge in [-0.1, -0.05) is 13.8 Å². The molecule has 0 fully saturated rings. The van der Waals surface area contributed by atoms with Crippen molar-refractivity contribution in [3.63, 3.8) is 0 Å². The van der Waals surface area contributed by atoms with Crippen LogP contribution in [0.3, 0.4) is 0 Å². The minimum absolute atomic E-state index is 0.600. The number of hydrogen-bond acceptors (Lipinski definition) is 2. The minimum atomic E-state index is 0.600. The smallest absolute Gasteiger partial charge is 0.148 e. The van der Waals surface area contributed by atoms with Crippen molar-refractivity contribution >= 4 is 11.3 Å². The number of hydrogen-bond donors (Lipinski definition) is 1. The van der Waals surface area contributed by atoms with Gasteiger partial charge in [0.1, 0.15) is 5.82 Å². The van der Waals surface area contributed by atoms with E-state index in [0.717, 1.165) is 5.52 Å². The third-order valence-electron chi connectivity index (χ3n) is 2.09. The highest BCUT2D eigenvalue weighted by Gasteiger charge is 2.04. The van der Waals surface area contributed by atoms with Gasteiger partial charge in [-0.3, -0.25) is 0 Å². The molecule has 3 nitrogen and oxygen atoms in total. The molecule has 0 radical (unpaired) electrons. The van der Waals surface area contributed by atoms with Gasteiger partial charge in [-0.15, -0.1) is 0 Å². The molecule has 2 aromatic rings. The molecule has 0 saturated heterocycles. The van der Waals surface area contributed by atoms with Crippen LogP contribution in [0.25, 0.3) is 5.52 Å². The molecule has 0 spiro atoms. The molecule has 0 atom stereocenters. The Kier molecular flexibility index (Phi) is 3.12. The van der Waals surface area contributed by atoms with Gasteiger partial charge in [0.25, 0.3) is 0 Å². The Hall–Kier alpha value is -1.51. The van der Waals surface area contributed by atoms with Crippen molar-refractivity contribution in [1.29, 1.82) is 0 Å². The van der Waals surface area contributed by atoms with Crippen molar-refractivity contribution in [3.8, 4) is 0 Å². The number of anilines is 1. The predicted octanol–water partition coefficient (Wildman–Crippen LogP) is 2.56. The highest BCUT2D eigenvalue weighted by Crippen LogP contribution is 2.18. The zero-order chi connectivity index (χ0) is 10.7. The summed E-state index contributed by atoms with van der Waals surface area (Å²) in [4.78, 5) is 4.04. The summed E-state index contributed by atoms with van der Waals surface area (Å²) < 4.78 is 2.05. The van der Waals surface area contributed by atoms with Crippen molar-refractivity contribution in [3.05, 3.63) is 29.7 Å². The summed E-state index contributed by atoms with van der Waals surface area (Å²) in [6.07, 6.45) is 3.64. The Morgan fingerprint density at radius 1 is 1.29 bits per heavy atom. The predicted molar refractivity (Wildman–Crippen MR) is 60.4 cm³/mol. The standard InChI is InChI=1S/C9H11N3.C2H6/c1-6-5-7(2)12-4-3-11-9(10)8(6)12;1-2/h3-5H,1-2H3,(H2,10,11);1-2H3. The summed E-state index contributed by atoms with van der Waals surface area (Å²) in [5.74, 6) is 0.600. The molecule has 2 heterocycles. The molecule has 0 aliphatic carbocycles. The van der Waals surface area contributed by atoms with Crippen molar-refractivity contribution in [2.75, 3.05) is 5.73 Å². The molecule has 0 amide bonds. The largest absolute Gasteiger partial charge is 0.382 e. The Balaban J connectivity index is 0.000000461. The molecule has 0 aliphatic rings. The van der Waals surface area contributed by atoms with Crippen LogP contribution < -0.4 is 5.73 Å². The maximum absolute atomic E-state index is 5.74. The first kappa shape index (κ1) is 10.6. The molecule has 14 heavy (non-hydrogen) atoms. The minimum Gasteiger partial charge on any atom is -0.382 e. The van der Waals surface area contributed by atoms with Crippen LogP contribution in [-0.4, -0.2) is 9.38 Å². The van der Waals surface area contributed by atoms with Gasteiger partial charge in [0.2, 0.25) is 0 Å². The van der Waals surface area contributed by atoms with Crippen molar-refractivity contribution in [2.45, 2.75) is 27.7 Å². The fraction of sp³-hybridized carbons (Fsp3) is 0.364. The van der Waals surface area contributed by atoms with Crippen LogP contribution >= 0.6 is 0 Å². The molecule has 0 bridgehead atoms. The number of fused-ring (bicyclic) bond motifs is 1. The van der Waals surface area contributed by atoms with Gasteiger partial charge in [-0.25, -0.2) is 4.98 Å². The zero-order valence-corrected chi connectivity index (χ0v) is 9.20. The zero-order valence-electron chi connectivity index (χ0n) is 9.20. The van der Waals surface area contributed by atoms with Crippen LogP contribution in [0, 0.1) is 13.8 Å². The van der Waals surface area contributed by atoms with Crippen LogP contribution in [0.4, 0.5) is 5.82 Å². The lowest BCUT2D eigenvalue weighted by molar-refractivity contribution is 1.08. The van der Waals surface area contributed by atoms with E-state index in [1.165, 1.54) is 11.3 Å². The Bertz CT molecular complexity index is 429. The van der Waals surface area contributed by atoms with Gasteiger partial charge in [0, 0.05) is 18.1 Å². The molecule has 0 aromatic carbocycles. The van der Waals surface area contributed by atoms with Crippen LogP contribution in [0.15, 0.2) is 18.5 Å². The van der Waals surface area contributed by atoms with Gasteiger partial charge < -0.3 is 10.1 Å². The van der Waals surface area contributed by atoms with Gasteiger partial charge in [-0.2, -0.15) is 0 Å². The normalized spacial score (nSPS) is 9.71. The van der Waals surface area contributed by atoms with E-state index in [0.29, 0.717) is 5.82 Å². The highest BCUT2D eigenvalue weighted by atomic mass is 15.0. The quantitative estimate of drug-likeness (QED) is 0.695. The summed E-state index contributed by atoms with van der Waals surface area (Å²) in [6, 6.07) is 2.10. The monoisotopic (exact) mass is 191 g/mol. The third kappa shape index (κ3) is 1.58. The van der Waals surface area contributed by atoms with E-state index in [4.69, 9.17) is 5.73 Å². The van der Waals surface area contributed by atoms with Crippen molar-refractivity contribution in [2.24, 2.45) is 0 Å². The molecular formula is C11H17N3. The summed E-state index contributed by atoms with van der Waals surface area (Å²) in [5.41, 5.74) is 9.13. The molecule has 2 aromatic heterocycles. The van der Waals surface area contributed by atoms with Crippen molar-refractivity contribution < 1.29 is 0 Å². The SMILES string of the molecule is CC.Cc1cc(C)n2ccnc(N)c12. The highest BCUT2D eigenvalue weighted by molar-refractivity contribution is 5.71. The summed E-state index contributed by atoms with van der Waals surface area (Å²) in [7, 11) is 0. The Morgan fingerprint density at radius 2 is 1.93 bits per heavy atom. The van der Waals surface area contributed by atoms with Crippen LogP contribution in [0.5, 0.6) is 0 Å². The first-order valence-corrected chi connectivity index (χ1v) is 4.89. The second kappa shape index (κ2) is 4.13. The Labute approximate surface area is 84.6 Å². The number of aryl methyl sites for hydroxylation is 2. The second-order valence-electron chi connectivity index (χ2n) is 3.00. The molecule has 3 heteroatoms. The summed E-state index contributed by atoms with van der Waals surface area (Å²) in [6.45, 7) is 8.10. The van der Waals surface area contributed by atoms with E-state index in [9.17, 15) is 0 Å². The molecular weight excluding hydrogens is 174 g/mol. The average Bonchev–Trinajstić information content (AvgIpc) is 2.47. The van der Waals surface area contributed by atoms with Crippen LogP contribution in [-0.2, 0) is 0 Å². The van der Waals surface area contributed by atoms with E-state index < -0.39 is 0 Å². The van der Waals surface area contributed by atoms with E-state index >= 15 is 0 Å². The maximum atomic E-state index is 5.74. The van der Waals surface area contributed by atoms with Crippen molar-refractivity contribution in [1.82, 2.24) is 9.38 Å². The topological polar surface area (TPSA) is 43.3 Å². The van der Waals surface area contributed by atoms with E-state index in [-0.39, 0.29) is 0 Å². The molecule has 2 rings (SSSR count). The molecule has 0 aliphatic heterocycles. The summed E-state index contributed by atoms with van der Waals surface area (Å²) in [5, 5.41) is 0. The lowest BCUT2D eigenvalue weighted by Gasteiger charge is -1.99. The Morgan fingerprint density at radius 3 is 2.50 bits per heavy atom. The number of nitrogens with zero attached hydrogens (tertiary/aromatic N) is 2. The fourth-order valence-electron chi connectivity index (χ4n) is 1.58. The second-order valence-corrected chi connectivity index (χ2v) is 3.00. The number of nitrogen functional groups attached to an aromatic ring is 1. The van der Waals surface area contributed by atoms with E-state index in [1.807, 2.05) is 27.0 Å². The third-order valence-corrected chi connectivity index (χ3v) is 2.09. The summed E-state index contributed by atoms with van der Waals surface area (Å²) >= 11 is 0. The van der Waals surface area contributed by atoms with Gasteiger partial charge >= 0.3 is 0 Å². The first-order chi connectivity index (χ1) is 6.70. The van der Waals surface area contributed by atoms with Gasteiger partial charge in [0.15, 0.2) is 0 Å². The number of rotatable bonds is 0. The first-order valence-electron chi connectivity index (χ1n) is 4.89. The maximum Gasteiger partial charge on any atom is 0.148 e. The fourth-order valence-corrected chi connectivity index (χ4v) is 1.58. The van der Waals surface area contributed by atoms with Crippen LogP contribution in [0.2, 0.25) is 0 Å². The lowest BCUT2D eigenvalue weighted by atomic mass is 10.3. The number of aromatic nitrogens is 2. The lowest BCUT2D eigenvalue weighted by Crippen LogP contribution is -1.95. The average molecular weight is 191 g/mol. The molecule has 76 valence electrons. The van der Waals surface area contributed by atoms with Crippen LogP contribution in [0.1, 0.15) is 25.1 Å². The van der Waals surface area contributed by atoms with Gasteiger partial charge in [-0.05, 0) is 25.5 Å². The number of nitrogens with two attached hydrogens (primary N) is 1. The molecule has 2 N–H and O–H groups in total. The molecule has 0 saturated carbocycles. The van der Waals surface area contributed by atoms with Gasteiger partial charge in [0.05, 0.1) is 5.52 Å². The van der Waals surface area contributed by atoms with E-state index in [2.05, 4.69) is 22.4 Å².